The fourth-order valence-corrected chi connectivity index (χ4v) is 3.37. The van der Waals surface area contributed by atoms with Crippen LogP contribution >= 0.6 is 22.9 Å². The Kier molecular flexibility index (Phi) is 6.69. The third-order valence-corrected chi connectivity index (χ3v) is 4.76. The molecule has 0 aliphatic rings. The minimum Gasteiger partial charge on any atom is -0.503 e. The summed E-state index contributed by atoms with van der Waals surface area (Å²) in [5.74, 6) is 0.104. The summed E-state index contributed by atoms with van der Waals surface area (Å²) < 4.78 is 5.35. The molecule has 0 fully saturated rings. The second-order valence-corrected chi connectivity index (χ2v) is 7.21. The van der Waals surface area contributed by atoms with Gasteiger partial charge in [0.1, 0.15) is 0 Å². The van der Waals surface area contributed by atoms with Gasteiger partial charge in [-0.25, -0.2) is 4.98 Å². The van der Waals surface area contributed by atoms with Gasteiger partial charge in [0.05, 0.1) is 23.5 Å². The fourth-order valence-electron chi connectivity index (χ4n) is 2.48. The van der Waals surface area contributed by atoms with Crippen molar-refractivity contribution in [2.24, 2.45) is 5.10 Å². The Morgan fingerprint density at radius 3 is 2.79 bits per heavy atom. The first kappa shape index (κ1) is 20.6. The Hall–Kier alpha value is -3.10. The topological polar surface area (TPSA) is 95.8 Å². The summed E-state index contributed by atoms with van der Waals surface area (Å²) in [4.78, 5) is 15.6. The average Bonchev–Trinajstić information content (AvgIpc) is 3.15. The molecule has 0 radical (unpaired) electrons. The number of thiazole rings is 1. The van der Waals surface area contributed by atoms with Crippen LogP contribution in [0.5, 0.6) is 11.5 Å². The molecule has 0 unspecified atom stereocenters. The van der Waals surface area contributed by atoms with Gasteiger partial charge < -0.3 is 15.2 Å². The second-order valence-electron chi connectivity index (χ2n) is 5.95. The number of carbonyl (C=O) groups excluding carboxylic acids is 1. The van der Waals surface area contributed by atoms with Crippen LogP contribution < -0.4 is 15.5 Å². The van der Waals surface area contributed by atoms with Gasteiger partial charge in [-0.15, -0.1) is 11.3 Å². The smallest absolute Gasteiger partial charge is 0.221 e. The van der Waals surface area contributed by atoms with E-state index in [4.69, 9.17) is 16.3 Å². The van der Waals surface area contributed by atoms with Crippen molar-refractivity contribution in [1.29, 1.82) is 0 Å². The predicted molar refractivity (Wildman–Crippen MR) is 117 cm³/mol. The van der Waals surface area contributed by atoms with Crippen LogP contribution in [0.1, 0.15) is 19.4 Å². The van der Waals surface area contributed by atoms with Gasteiger partial charge in [-0.1, -0.05) is 23.7 Å². The SMILES string of the molecule is CCOc1cc(/C=N\Nc2nc(-c3ccc(NC(C)=O)cc3)cs2)cc(Cl)c1O. The number of carbonyl (C=O) groups is 1. The number of rotatable bonds is 7. The lowest BCUT2D eigenvalue weighted by atomic mass is 10.1. The number of phenolic OH excluding ortho intramolecular Hbond substituents is 1. The lowest BCUT2D eigenvalue weighted by Crippen LogP contribution is -2.05. The van der Waals surface area contributed by atoms with Gasteiger partial charge in [0.25, 0.3) is 0 Å². The van der Waals surface area contributed by atoms with Crippen molar-refractivity contribution in [3.8, 4) is 22.8 Å². The minimum absolute atomic E-state index is 0.0901. The molecule has 3 aromatic rings. The monoisotopic (exact) mass is 430 g/mol. The van der Waals surface area contributed by atoms with Gasteiger partial charge in [0.2, 0.25) is 11.0 Å². The highest BCUT2D eigenvalue weighted by Gasteiger charge is 2.09. The van der Waals surface area contributed by atoms with Crippen LogP contribution in [0.2, 0.25) is 5.02 Å². The number of aromatic hydroxyl groups is 1. The first-order valence-electron chi connectivity index (χ1n) is 8.74. The van der Waals surface area contributed by atoms with Crippen molar-refractivity contribution in [1.82, 2.24) is 4.98 Å². The number of anilines is 2. The summed E-state index contributed by atoms with van der Waals surface area (Å²) in [7, 11) is 0. The number of nitrogens with zero attached hydrogens (tertiary/aromatic N) is 2. The van der Waals surface area contributed by atoms with Crippen LogP contribution in [0.15, 0.2) is 46.9 Å². The van der Waals surface area contributed by atoms with Gasteiger partial charge >= 0.3 is 0 Å². The molecule has 0 saturated carbocycles. The molecule has 0 spiro atoms. The molecule has 0 saturated heterocycles. The summed E-state index contributed by atoms with van der Waals surface area (Å²) in [5, 5.41) is 19.5. The summed E-state index contributed by atoms with van der Waals surface area (Å²) in [6.07, 6.45) is 1.57. The first-order valence-corrected chi connectivity index (χ1v) is 10.00. The van der Waals surface area contributed by atoms with E-state index < -0.39 is 0 Å². The molecule has 3 rings (SSSR count). The number of aromatic nitrogens is 1. The Bertz CT molecular complexity index is 1030. The van der Waals surface area contributed by atoms with Crippen molar-refractivity contribution in [3.63, 3.8) is 0 Å². The molecular formula is C20H19ClN4O3S. The van der Waals surface area contributed by atoms with Crippen molar-refractivity contribution in [2.75, 3.05) is 17.3 Å². The van der Waals surface area contributed by atoms with E-state index in [1.165, 1.54) is 18.3 Å². The number of hydrogen-bond donors (Lipinski definition) is 3. The highest BCUT2D eigenvalue weighted by atomic mass is 35.5. The Morgan fingerprint density at radius 2 is 2.10 bits per heavy atom. The Labute approximate surface area is 177 Å². The molecule has 3 N–H and O–H groups in total. The molecule has 2 aromatic carbocycles. The maximum Gasteiger partial charge on any atom is 0.221 e. The number of hydrazone groups is 1. The molecule has 1 aromatic heterocycles. The second kappa shape index (κ2) is 9.40. The highest BCUT2D eigenvalue weighted by molar-refractivity contribution is 7.14. The molecule has 0 aliphatic heterocycles. The van der Waals surface area contributed by atoms with Crippen molar-refractivity contribution in [3.05, 3.63) is 52.4 Å². The molecule has 7 nitrogen and oxygen atoms in total. The molecule has 29 heavy (non-hydrogen) atoms. The van der Waals surface area contributed by atoms with Gasteiger partial charge in [-0.3, -0.25) is 10.2 Å². The molecule has 0 aliphatic carbocycles. The van der Waals surface area contributed by atoms with Crippen LogP contribution in [-0.2, 0) is 4.79 Å². The molecule has 0 atom stereocenters. The van der Waals surface area contributed by atoms with E-state index in [1.807, 2.05) is 36.6 Å². The molecule has 9 heteroatoms. The first-order chi connectivity index (χ1) is 14.0. The summed E-state index contributed by atoms with van der Waals surface area (Å²) >= 11 is 7.43. The zero-order chi connectivity index (χ0) is 20.8. The van der Waals surface area contributed by atoms with Gasteiger partial charge in [0, 0.05) is 23.6 Å². The van der Waals surface area contributed by atoms with E-state index in [0.29, 0.717) is 23.1 Å². The molecule has 150 valence electrons. The molecule has 0 bridgehead atoms. The highest BCUT2D eigenvalue weighted by Crippen LogP contribution is 2.34. The average molecular weight is 431 g/mol. The Balaban J connectivity index is 1.67. The van der Waals surface area contributed by atoms with Gasteiger partial charge in [0.15, 0.2) is 11.5 Å². The normalized spacial score (nSPS) is 10.9. The van der Waals surface area contributed by atoms with Crippen molar-refractivity contribution in [2.45, 2.75) is 13.8 Å². The third-order valence-electron chi connectivity index (χ3n) is 3.73. The number of amides is 1. The summed E-state index contributed by atoms with van der Waals surface area (Å²) in [6.45, 7) is 3.70. The number of ether oxygens (including phenoxy) is 1. The minimum atomic E-state index is -0.112. The number of hydrogen-bond acceptors (Lipinski definition) is 7. The van der Waals surface area contributed by atoms with E-state index in [-0.39, 0.29) is 16.7 Å². The number of phenols is 1. The van der Waals surface area contributed by atoms with E-state index in [0.717, 1.165) is 16.9 Å². The van der Waals surface area contributed by atoms with Gasteiger partial charge in [-0.2, -0.15) is 5.10 Å². The van der Waals surface area contributed by atoms with Crippen LogP contribution in [0.25, 0.3) is 11.3 Å². The Morgan fingerprint density at radius 1 is 1.34 bits per heavy atom. The third kappa shape index (κ3) is 5.46. The van der Waals surface area contributed by atoms with E-state index in [1.54, 1.807) is 18.3 Å². The maximum absolute atomic E-state index is 11.1. The standard InChI is InChI=1S/C20H19ClN4O3S/c1-3-28-18-9-13(8-16(21)19(18)27)10-22-25-20-24-17(11-29-20)14-4-6-15(7-5-14)23-12(2)26/h4-11,27H,3H2,1-2H3,(H,23,26)(H,24,25)/b22-10-. The lowest BCUT2D eigenvalue weighted by molar-refractivity contribution is -0.114. The lowest BCUT2D eigenvalue weighted by Gasteiger charge is -2.08. The quantitative estimate of drug-likeness (QED) is 0.363. The number of nitrogens with one attached hydrogen (secondary N) is 2. The van der Waals surface area contributed by atoms with Crippen LogP contribution in [0.4, 0.5) is 10.8 Å². The maximum atomic E-state index is 11.1. The largest absolute Gasteiger partial charge is 0.503 e. The van der Waals surface area contributed by atoms with Crippen molar-refractivity contribution < 1.29 is 14.6 Å². The van der Waals surface area contributed by atoms with Crippen LogP contribution in [0.3, 0.4) is 0 Å². The summed E-state index contributed by atoms with van der Waals surface area (Å²) in [6, 6.07) is 10.7. The zero-order valence-corrected chi connectivity index (χ0v) is 17.3. The number of halogens is 1. The zero-order valence-electron chi connectivity index (χ0n) is 15.8. The summed E-state index contributed by atoms with van der Waals surface area (Å²) in [5.41, 5.74) is 6.02. The van der Waals surface area contributed by atoms with Crippen molar-refractivity contribution >= 4 is 45.9 Å². The van der Waals surface area contributed by atoms with E-state index in [9.17, 15) is 9.90 Å². The van der Waals surface area contributed by atoms with E-state index >= 15 is 0 Å². The predicted octanol–water partition coefficient (Wildman–Crippen LogP) is 4.97. The molecular weight excluding hydrogens is 412 g/mol. The van der Waals surface area contributed by atoms with Crippen LogP contribution in [-0.4, -0.2) is 28.8 Å². The molecule has 1 amide bonds. The van der Waals surface area contributed by atoms with Crippen LogP contribution in [0, 0.1) is 0 Å². The van der Waals surface area contributed by atoms with Gasteiger partial charge in [-0.05, 0) is 36.8 Å². The fraction of sp³-hybridized carbons (Fsp3) is 0.150. The van der Waals surface area contributed by atoms with E-state index in [2.05, 4.69) is 20.8 Å². The number of benzene rings is 2. The molecule has 1 heterocycles.